The van der Waals surface area contributed by atoms with Crippen LogP contribution in [-0.2, 0) is 4.79 Å². The summed E-state index contributed by atoms with van der Waals surface area (Å²) < 4.78 is 13.0. The van der Waals surface area contributed by atoms with Gasteiger partial charge < -0.3 is 11.5 Å². The van der Waals surface area contributed by atoms with Gasteiger partial charge in [-0.05, 0) is 38.5 Å². The Labute approximate surface area is 113 Å². The molecule has 1 aromatic rings. The minimum atomic E-state index is -0.401. The second kappa shape index (κ2) is 6.63. The molecule has 0 spiro atoms. The van der Waals surface area contributed by atoms with Crippen LogP contribution in [0.1, 0.15) is 32.4 Å². The number of hydrogen-bond acceptors (Lipinski definition) is 3. The minimum absolute atomic E-state index is 0.105. The average Bonchev–Trinajstić information content (AvgIpc) is 2.29. The van der Waals surface area contributed by atoms with E-state index in [1.807, 2.05) is 25.7 Å². The predicted molar refractivity (Wildman–Crippen MR) is 73.8 cm³/mol. The highest BCUT2D eigenvalue weighted by atomic mass is 19.1. The molecule has 19 heavy (non-hydrogen) atoms. The number of rotatable bonds is 6. The molecule has 0 saturated carbocycles. The Bertz CT molecular complexity index is 417. The van der Waals surface area contributed by atoms with E-state index in [1.165, 1.54) is 12.1 Å². The van der Waals surface area contributed by atoms with E-state index in [0.29, 0.717) is 0 Å². The van der Waals surface area contributed by atoms with Crippen molar-refractivity contribution in [2.45, 2.75) is 38.9 Å². The number of carbonyl (C=O) groups is 1. The summed E-state index contributed by atoms with van der Waals surface area (Å²) in [5, 5.41) is 0. The van der Waals surface area contributed by atoms with E-state index in [-0.39, 0.29) is 30.5 Å². The molecule has 0 aliphatic carbocycles. The number of benzene rings is 1. The molecule has 4 N–H and O–H groups in total. The van der Waals surface area contributed by atoms with Crippen molar-refractivity contribution in [1.29, 1.82) is 0 Å². The summed E-state index contributed by atoms with van der Waals surface area (Å²) in [5.74, 6) is -0.695. The number of halogens is 1. The fraction of sp³-hybridized carbons (Fsp3) is 0.500. The van der Waals surface area contributed by atoms with E-state index < -0.39 is 5.91 Å². The number of amides is 1. The lowest BCUT2D eigenvalue weighted by Crippen LogP contribution is -2.46. The van der Waals surface area contributed by atoms with Crippen LogP contribution >= 0.6 is 0 Å². The number of nitrogens with zero attached hydrogens (tertiary/aromatic N) is 1. The Balaban J connectivity index is 3.09. The molecule has 0 heterocycles. The molecule has 106 valence electrons. The molecule has 0 fully saturated rings. The van der Waals surface area contributed by atoms with Gasteiger partial charge in [0.2, 0.25) is 5.91 Å². The Morgan fingerprint density at radius 3 is 2.16 bits per heavy atom. The largest absolute Gasteiger partial charge is 0.369 e. The van der Waals surface area contributed by atoms with E-state index in [4.69, 9.17) is 11.5 Å². The summed E-state index contributed by atoms with van der Waals surface area (Å²) in [6, 6.07) is 5.91. The molecule has 0 aliphatic heterocycles. The van der Waals surface area contributed by atoms with Gasteiger partial charge in [-0.25, -0.2) is 4.39 Å². The Morgan fingerprint density at radius 2 is 1.79 bits per heavy atom. The van der Waals surface area contributed by atoms with Crippen LogP contribution in [-0.4, -0.2) is 29.4 Å². The lowest BCUT2D eigenvalue weighted by atomic mass is 9.97. The Kier molecular flexibility index (Phi) is 5.44. The molecule has 0 aliphatic rings. The van der Waals surface area contributed by atoms with Crippen LogP contribution in [0, 0.1) is 5.82 Å². The molecule has 0 bridgehead atoms. The molecular formula is C14H22FN3O. The van der Waals surface area contributed by atoms with Crippen molar-refractivity contribution in [3.8, 4) is 0 Å². The Morgan fingerprint density at radius 1 is 1.26 bits per heavy atom. The van der Waals surface area contributed by atoms with Crippen LogP contribution in [0.3, 0.4) is 0 Å². The number of hydrogen-bond donors (Lipinski definition) is 2. The summed E-state index contributed by atoms with van der Waals surface area (Å²) in [5.41, 5.74) is 12.2. The molecule has 1 amide bonds. The fourth-order valence-electron chi connectivity index (χ4n) is 2.24. The van der Waals surface area contributed by atoms with Crippen molar-refractivity contribution in [3.63, 3.8) is 0 Å². The van der Waals surface area contributed by atoms with Gasteiger partial charge >= 0.3 is 0 Å². The molecule has 0 aromatic heterocycles. The first-order valence-corrected chi connectivity index (χ1v) is 6.38. The normalized spacial score (nSPS) is 14.7. The van der Waals surface area contributed by atoms with Gasteiger partial charge in [0.1, 0.15) is 5.82 Å². The molecule has 1 aromatic carbocycles. The lowest BCUT2D eigenvalue weighted by molar-refractivity contribution is -0.120. The van der Waals surface area contributed by atoms with Crippen LogP contribution in [0.25, 0.3) is 0 Å². The smallest absolute Gasteiger partial charge is 0.231 e. The van der Waals surface area contributed by atoms with Crippen LogP contribution in [0.4, 0.5) is 4.39 Å². The predicted octanol–water partition coefficient (Wildman–Crippen LogP) is 1.41. The van der Waals surface area contributed by atoms with Crippen LogP contribution in [0.2, 0.25) is 0 Å². The first-order valence-electron chi connectivity index (χ1n) is 6.38. The van der Waals surface area contributed by atoms with Crippen LogP contribution in [0.5, 0.6) is 0 Å². The Hall–Kier alpha value is -1.46. The monoisotopic (exact) mass is 267 g/mol. The van der Waals surface area contributed by atoms with E-state index in [9.17, 15) is 9.18 Å². The second-order valence-corrected chi connectivity index (χ2v) is 5.09. The molecule has 2 atom stereocenters. The standard InChI is InChI=1S/C14H22FN3O/c1-9(2)18(8-13(17)19)14(10(3)16)11-4-6-12(15)7-5-11/h4-7,9-10,14H,8,16H2,1-3H3,(H2,17,19). The van der Waals surface area contributed by atoms with Gasteiger partial charge in [-0.15, -0.1) is 0 Å². The number of primary amides is 1. The molecular weight excluding hydrogens is 245 g/mol. The maximum Gasteiger partial charge on any atom is 0.231 e. The van der Waals surface area contributed by atoms with Gasteiger partial charge in [-0.1, -0.05) is 12.1 Å². The van der Waals surface area contributed by atoms with Crippen molar-refractivity contribution >= 4 is 5.91 Å². The van der Waals surface area contributed by atoms with Crippen molar-refractivity contribution in [2.75, 3.05) is 6.54 Å². The zero-order valence-corrected chi connectivity index (χ0v) is 11.6. The SMILES string of the molecule is CC(N)C(c1ccc(F)cc1)N(CC(N)=O)C(C)C. The highest BCUT2D eigenvalue weighted by Gasteiger charge is 2.27. The molecule has 0 radical (unpaired) electrons. The van der Waals surface area contributed by atoms with E-state index in [1.54, 1.807) is 12.1 Å². The quantitative estimate of drug-likeness (QED) is 0.818. The average molecular weight is 267 g/mol. The van der Waals surface area contributed by atoms with Crippen LogP contribution in [0.15, 0.2) is 24.3 Å². The summed E-state index contributed by atoms with van der Waals surface area (Å²) in [6.45, 7) is 5.94. The maximum absolute atomic E-state index is 13.0. The molecule has 0 saturated heterocycles. The van der Waals surface area contributed by atoms with Gasteiger partial charge in [0.05, 0.1) is 12.6 Å². The van der Waals surface area contributed by atoms with Crippen LogP contribution < -0.4 is 11.5 Å². The minimum Gasteiger partial charge on any atom is -0.369 e. The van der Waals surface area contributed by atoms with Gasteiger partial charge in [0.25, 0.3) is 0 Å². The summed E-state index contributed by atoms with van der Waals surface area (Å²) in [7, 11) is 0. The maximum atomic E-state index is 13.0. The zero-order chi connectivity index (χ0) is 14.6. The highest BCUT2D eigenvalue weighted by Crippen LogP contribution is 2.25. The summed E-state index contributed by atoms with van der Waals surface area (Å²) in [6.07, 6.45) is 0. The highest BCUT2D eigenvalue weighted by molar-refractivity contribution is 5.76. The summed E-state index contributed by atoms with van der Waals surface area (Å²) >= 11 is 0. The summed E-state index contributed by atoms with van der Waals surface area (Å²) in [4.78, 5) is 13.1. The fourth-order valence-corrected chi connectivity index (χ4v) is 2.24. The van der Waals surface area contributed by atoms with Crippen molar-refractivity contribution < 1.29 is 9.18 Å². The topological polar surface area (TPSA) is 72.3 Å². The lowest BCUT2D eigenvalue weighted by Gasteiger charge is -2.36. The van der Waals surface area contributed by atoms with Gasteiger partial charge in [-0.2, -0.15) is 0 Å². The third-order valence-corrected chi connectivity index (χ3v) is 3.07. The molecule has 5 heteroatoms. The second-order valence-electron chi connectivity index (χ2n) is 5.09. The number of nitrogens with two attached hydrogens (primary N) is 2. The van der Waals surface area contributed by atoms with Crippen molar-refractivity contribution in [2.24, 2.45) is 11.5 Å². The van der Waals surface area contributed by atoms with Crippen molar-refractivity contribution in [3.05, 3.63) is 35.6 Å². The van der Waals surface area contributed by atoms with Gasteiger partial charge in [-0.3, -0.25) is 9.69 Å². The van der Waals surface area contributed by atoms with E-state index in [2.05, 4.69) is 0 Å². The van der Waals surface area contributed by atoms with E-state index in [0.717, 1.165) is 5.56 Å². The van der Waals surface area contributed by atoms with Crippen molar-refractivity contribution in [1.82, 2.24) is 4.90 Å². The third kappa shape index (κ3) is 4.29. The first kappa shape index (κ1) is 15.6. The van der Waals surface area contributed by atoms with Gasteiger partial charge in [0, 0.05) is 12.1 Å². The molecule has 4 nitrogen and oxygen atoms in total. The third-order valence-electron chi connectivity index (χ3n) is 3.07. The molecule has 2 unspecified atom stereocenters. The first-order chi connectivity index (χ1) is 8.82. The van der Waals surface area contributed by atoms with E-state index >= 15 is 0 Å². The molecule has 1 rings (SSSR count). The number of carbonyl (C=O) groups excluding carboxylic acids is 1. The zero-order valence-electron chi connectivity index (χ0n) is 11.6. The van der Waals surface area contributed by atoms with Gasteiger partial charge in [0.15, 0.2) is 0 Å².